The molecule has 0 bridgehead atoms. The Morgan fingerprint density at radius 2 is 2.28 bits per heavy atom. The van der Waals surface area contributed by atoms with E-state index < -0.39 is 0 Å². The van der Waals surface area contributed by atoms with Crippen molar-refractivity contribution in [1.82, 2.24) is 4.90 Å². The van der Waals surface area contributed by atoms with Gasteiger partial charge in [0.05, 0.1) is 7.11 Å². The van der Waals surface area contributed by atoms with E-state index in [4.69, 9.17) is 4.74 Å². The first kappa shape index (κ1) is 13.4. The van der Waals surface area contributed by atoms with Crippen molar-refractivity contribution in [3.8, 4) is 5.75 Å². The van der Waals surface area contributed by atoms with Crippen molar-refractivity contribution in [1.29, 1.82) is 0 Å². The van der Waals surface area contributed by atoms with Crippen LogP contribution in [0.4, 0.5) is 0 Å². The van der Waals surface area contributed by atoms with E-state index in [1.54, 1.807) is 7.11 Å². The summed E-state index contributed by atoms with van der Waals surface area (Å²) in [5.74, 6) is 2.48. The van der Waals surface area contributed by atoms with Crippen LogP contribution in [0.25, 0.3) is 0 Å². The van der Waals surface area contributed by atoms with Crippen LogP contribution >= 0.6 is 0 Å². The molecule has 0 radical (unpaired) electrons. The van der Waals surface area contributed by atoms with Gasteiger partial charge in [0, 0.05) is 6.54 Å². The molecule has 1 aromatic rings. The Hall–Kier alpha value is -1.02. The van der Waals surface area contributed by atoms with Gasteiger partial charge in [-0.05, 0) is 56.0 Å². The molecule has 18 heavy (non-hydrogen) atoms. The van der Waals surface area contributed by atoms with Gasteiger partial charge in [0.2, 0.25) is 0 Å². The molecule has 0 saturated carbocycles. The minimum absolute atomic E-state index is 0.690. The Balaban J connectivity index is 2.17. The van der Waals surface area contributed by atoms with E-state index in [0.717, 1.165) is 11.7 Å². The molecule has 1 heterocycles. The SMILES string of the molecule is CCC[C@H](c1cccc(OC)c1)[C@H]1CCN(C)C1. The fourth-order valence-electron chi connectivity index (χ4n) is 3.16. The number of hydrogen-bond donors (Lipinski definition) is 0. The van der Waals surface area contributed by atoms with Gasteiger partial charge in [-0.3, -0.25) is 0 Å². The van der Waals surface area contributed by atoms with E-state index in [2.05, 4.69) is 37.1 Å². The summed E-state index contributed by atoms with van der Waals surface area (Å²) in [6.45, 7) is 4.77. The Morgan fingerprint density at radius 1 is 1.44 bits per heavy atom. The molecule has 2 heteroatoms. The second-order valence-corrected chi connectivity index (χ2v) is 5.48. The Bertz CT molecular complexity index is 377. The number of benzene rings is 1. The fourth-order valence-corrected chi connectivity index (χ4v) is 3.16. The maximum atomic E-state index is 5.36. The molecule has 2 rings (SSSR count). The van der Waals surface area contributed by atoms with Crippen molar-refractivity contribution in [2.24, 2.45) is 5.92 Å². The highest BCUT2D eigenvalue weighted by molar-refractivity contribution is 5.31. The number of hydrogen-bond acceptors (Lipinski definition) is 2. The summed E-state index contributed by atoms with van der Waals surface area (Å²) in [4.78, 5) is 2.45. The van der Waals surface area contributed by atoms with E-state index in [9.17, 15) is 0 Å². The third-order valence-electron chi connectivity index (χ3n) is 4.12. The number of methoxy groups -OCH3 is 1. The zero-order valence-corrected chi connectivity index (χ0v) is 11.9. The lowest BCUT2D eigenvalue weighted by Gasteiger charge is -2.24. The molecule has 1 fully saturated rings. The van der Waals surface area contributed by atoms with Crippen molar-refractivity contribution in [2.45, 2.75) is 32.1 Å². The number of rotatable bonds is 5. The summed E-state index contributed by atoms with van der Waals surface area (Å²) in [6, 6.07) is 8.64. The lowest BCUT2D eigenvalue weighted by Crippen LogP contribution is -2.18. The first-order valence-corrected chi connectivity index (χ1v) is 7.07. The number of nitrogens with zero attached hydrogens (tertiary/aromatic N) is 1. The fraction of sp³-hybridized carbons (Fsp3) is 0.625. The van der Waals surface area contributed by atoms with Crippen LogP contribution in [0.1, 0.15) is 37.7 Å². The van der Waals surface area contributed by atoms with Crippen LogP contribution in [0.2, 0.25) is 0 Å². The van der Waals surface area contributed by atoms with Crippen LogP contribution in [0.15, 0.2) is 24.3 Å². The average molecular weight is 247 g/mol. The largest absolute Gasteiger partial charge is 0.497 e. The molecule has 2 atom stereocenters. The van der Waals surface area contributed by atoms with Crippen molar-refractivity contribution >= 4 is 0 Å². The Kier molecular flexibility index (Phi) is 4.65. The number of ether oxygens (including phenoxy) is 1. The van der Waals surface area contributed by atoms with Crippen molar-refractivity contribution in [3.05, 3.63) is 29.8 Å². The molecule has 0 unspecified atom stereocenters. The highest BCUT2D eigenvalue weighted by atomic mass is 16.5. The second-order valence-electron chi connectivity index (χ2n) is 5.48. The average Bonchev–Trinajstić information content (AvgIpc) is 2.82. The van der Waals surface area contributed by atoms with Crippen LogP contribution in [-0.2, 0) is 0 Å². The standard InChI is InChI=1S/C16H25NO/c1-4-6-16(14-9-10-17(2)12-14)13-7-5-8-15(11-13)18-3/h5,7-8,11,14,16H,4,6,9-10,12H2,1-3H3/t14-,16+/m0/s1. The Morgan fingerprint density at radius 3 is 2.89 bits per heavy atom. The predicted octanol–water partition coefficient (Wildman–Crippen LogP) is 3.53. The van der Waals surface area contributed by atoms with E-state index in [-0.39, 0.29) is 0 Å². The second kappa shape index (κ2) is 6.24. The number of likely N-dealkylation sites (tertiary alicyclic amines) is 1. The zero-order chi connectivity index (χ0) is 13.0. The van der Waals surface area contributed by atoms with Gasteiger partial charge in [-0.1, -0.05) is 25.5 Å². The van der Waals surface area contributed by atoms with Crippen LogP contribution in [0.3, 0.4) is 0 Å². The molecule has 0 aliphatic carbocycles. The molecule has 1 saturated heterocycles. The molecular weight excluding hydrogens is 222 g/mol. The summed E-state index contributed by atoms with van der Waals surface area (Å²) in [5.41, 5.74) is 1.46. The molecule has 0 aromatic heterocycles. The topological polar surface area (TPSA) is 12.5 Å². The summed E-state index contributed by atoms with van der Waals surface area (Å²) in [5, 5.41) is 0. The molecule has 2 nitrogen and oxygen atoms in total. The molecule has 0 spiro atoms. The first-order valence-electron chi connectivity index (χ1n) is 7.07. The van der Waals surface area contributed by atoms with E-state index >= 15 is 0 Å². The molecule has 0 N–H and O–H groups in total. The minimum atomic E-state index is 0.690. The lowest BCUT2D eigenvalue weighted by molar-refractivity contribution is 0.358. The molecule has 1 aliphatic heterocycles. The highest BCUT2D eigenvalue weighted by Gasteiger charge is 2.28. The van der Waals surface area contributed by atoms with Crippen molar-refractivity contribution < 1.29 is 4.74 Å². The minimum Gasteiger partial charge on any atom is -0.497 e. The monoisotopic (exact) mass is 247 g/mol. The summed E-state index contributed by atoms with van der Waals surface area (Å²) < 4.78 is 5.36. The molecule has 100 valence electrons. The van der Waals surface area contributed by atoms with Gasteiger partial charge >= 0.3 is 0 Å². The van der Waals surface area contributed by atoms with Crippen LogP contribution in [0.5, 0.6) is 5.75 Å². The van der Waals surface area contributed by atoms with Gasteiger partial charge in [0.25, 0.3) is 0 Å². The molecular formula is C16H25NO. The van der Waals surface area contributed by atoms with E-state index in [1.807, 2.05) is 6.07 Å². The van der Waals surface area contributed by atoms with Crippen LogP contribution in [-0.4, -0.2) is 32.1 Å². The third kappa shape index (κ3) is 3.05. The smallest absolute Gasteiger partial charge is 0.119 e. The third-order valence-corrected chi connectivity index (χ3v) is 4.12. The quantitative estimate of drug-likeness (QED) is 0.789. The maximum Gasteiger partial charge on any atom is 0.119 e. The zero-order valence-electron chi connectivity index (χ0n) is 11.9. The maximum absolute atomic E-state index is 5.36. The predicted molar refractivity (Wildman–Crippen MR) is 76.2 cm³/mol. The lowest BCUT2D eigenvalue weighted by atomic mass is 9.82. The molecule has 1 aliphatic rings. The summed E-state index contributed by atoms with van der Waals surface area (Å²) in [6.07, 6.45) is 3.87. The van der Waals surface area contributed by atoms with Gasteiger partial charge in [-0.15, -0.1) is 0 Å². The van der Waals surface area contributed by atoms with Crippen molar-refractivity contribution in [3.63, 3.8) is 0 Å². The van der Waals surface area contributed by atoms with Crippen LogP contribution in [0, 0.1) is 5.92 Å². The van der Waals surface area contributed by atoms with Gasteiger partial charge in [-0.2, -0.15) is 0 Å². The van der Waals surface area contributed by atoms with Crippen LogP contribution < -0.4 is 4.74 Å². The Labute approximate surface area is 111 Å². The summed E-state index contributed by atoms with van der Waals surface area (Å²) >= 11 is 0. The molecule has 1 aromatic carbocycles. The normalized spacial score (nSPS) is 22.1. The van der Waals surface area contributed by atoms with Gasteiger partial charge in [0.15, 0.2) is 0 Å². The van der Waals surface area contributed by atoms with Gasteiger partial charge in [-0.25, -0.2) is 0 Å². The first-order chi connectivity index (χ1) is 8.74. The van der Waals surface area contributed by atoms with Gasteiger partial charge < -0.3 is 9.64 Å². The van der Waals surface area contributed by atoms with E-state index in [1.165, 1.54) is 37.9 Å². The van der Waals surface area contributed by atoms with E-state index in [0.29, 0.717) is 5.92 Å². The van der Waals surface area contributed by atoms with Gasteiger partial charge in [0.1, 0.15) is 5.75 Å². The molecule has 0 amide bonds. The highest BCUT2D eigenvalue weighted by Crippen LogP contribution is 2.36. The summed E-state index contributed by atoms with van der Waals surface area (Å²) in [7, 11) is 3.98. The van der Waals surface area contributed by atoms with Crippen molar-refractivity contribution in [2.75, 3.05) is 27.2 Å².